The fourth-order valence-corrected chi connectivity index (χ4v) is 5.26. The lowest BCUT2D eigenvalue weighted by atomic mass is 10.0. The number of H-pyrrole nitrogens is 1. The topological polar surface area (TPSA) is 68.3 Å². The second-order valence-electron chi connectivity index (χ2n) is 10.5. The van der Waals surface area contributed by atoms with E-state index in [0.717, 1.165) is 45.6 Å². The first-order chi connectivity index (χ1) is 20.9. The summed E-state index contributed by atoms with van der Waals surface area (Å²) < 4.78 is 44.9. The number of methoxy groups -OCH3 is 2. The van der Waals surface area contributed by atoms with Gasteiger partial charge in [-0.15, -0.1) is 0 Å². The zero-order chi connectivity index (χ0) is 30.1. The van der Waals surface area contributed by atoms with Crippen molar-refractivity contribution in [2.45, 2.75) is 6.10 Å². The van der Waals surface area contributed by atoms with E-state index < -0.39 is 6.10 Å². The zero-order valence-corrected chi connectivity index (χ0v) is 24.3. The summed E-state index contributed by atoms with van der Waals surface area (Å²) in [5.41, 5.74) is 6.19. The molecule has 1 aromatic heterocycles. The molecule has 9 heteroatoms. The second kappa shape index (κ2) is 11.8. The third-order valence-corrected chi connectivity index (χ3v) is 7.46. The van der Waals surface area contributed by atoms with Gasteiger partial charge in [0.25, 0.3) is 0 Å². The van der Waals surface area contributed by atoms with Gasteiger partial charge in [-0.05, 0) is 79.8 Å². The van der Waals surface area contributed by atoms with E-state index >= 15 is 0 Å². The Labute approximate surface area is 248 Å². The maximum absolute atomic E-state index is 13.8. The smallest absolute Gasteiger partial charge is 0.177 e. The molecule has 0 saturated carbocycles. The molecule has 0 saturated heterocycles. The average Bonchev–Trinajstić information content (AvgIpc) is 3.52. The molecule has 43 heavy (non-hydrogen) atoms. The number of nitrogens with one attached hydrogen (secondary N) is 1. The van der Waals surface area contributed by atoms with Gasteiger partial charge in [0.1, 0.15) is 29.7 Å². The third-order valence-electron chi connectivity index (χ3n) is 7.46. The molecule has 1 heterocycles. The van der Waals surface area contributed by atoms with E-state index in [1.165, 1.54) is 24.3 Å². The summed E-state index contributed by atoms with van der Waals surface area (Å²) in [5.74, 6) is 1.12. The Balaban J connectivity index is 1.49. The minimum Gasteiger partial charge on any atom is -0.493 e. The fourth-order valence-electron chi connectivity index (χ4n) is 5.26. The number of ether oxygens (including phenoxy) is 3. The van der Waals surface area contributed by atoms with E-state index in [4.69, 9.17) is 24.2 Å². The van der Waals surface area contributed by atoms with Crippen molar-refractivity contribution in [2.75, 3.05) is 41.5 Å². The Morgan fingerprint density at radius 3 is 1.98 bits per heavy atom. The van der Waals surface area contributed by atoms with Gasteiger partial charge in [-0.2, -0.15) is 0 Å². The summed E-state index contributed by atoms with van der Waals surface area (Å²) in [6.07, 6.45) is -0.725. The molecule has 6 rings (SSSR count). The van der Waals surface area contributed by atoms with Crippen molar-refractivity contribution >= 4 is 16.6 Å². The second-order valence-corrected chi connectivity index (χ2v) is 10.5. The van der Waals surface area contributed by atoms with Crippen LogP contribution in [0.1, 0.15) is 28.4 Å². The van der Waals surface area contributed by atoms with Crippen molar-refractivity contribution in [1.29, 1.82) is 0 Å². The molecule has 1 N–H and O–H groups in total. The number of aromatic nitrogens is 1. The Morgan fingerprint density at radius 2 is 1.40 bits per heavy atom. The van der Waals surface area contributed by atoms with Crippen LogP contribution in [-0.2, 0) is 4.84 Å². The van der Waals surface area contributed by atoms with Gasteiger partial charge in [0.15, 0.2) is 17.6 Å². The molecule has 0 bridgehead atoms. The summed E-state index contributed by atoms with van der Waals surface area (Å²) in [6, 6.07) is 21.7. The molecule has 5 aromatic rings. The molecule has 0 aliphatic heterocycles. The number of benzene rings is 4. The minimum absolute atomic E-state index is 0.370. The lowest BCUT2D eigenvalue weighted by molar-refractivity contribution is 0.0877. The van der Waals surface area contributed by atoms with Gasteiger partial charge in [0, 0.05) is 34.1 Å². The highest BCUT2D eigenvalue weighted by Crippen LogP contribution is 2.46. The van der Waals surface area contributed by atoms with E-state index in [9.17, 15) is 8.78 Å². The molecule has 1 aliphatic rings. The van der Waals surface area contributed by atoms with Gasteiger partial charge in [0.2, 0.25) is 0 Å². The molecule has 0 amide bonds. The maximum Gasteiger partial charge on any atom is 0.177 e. The lowest BCUT2D eigenvalue weighted by Crippen LogP contribution is -2.19. The first kappa shape index (κ1) is 28.2. The highest BCUT2D eigenvalue weighted by atomic mass is 19.1. The first-order valence-electron chi connectivity index (χ1n) is 13.8. The molecule has 0 atom stereocenters. The number of hydrogen-bond donors (Lipinski definition) is 1. The van der Waals surface area contributed by atoms with Crippen molar-refractivity contribution in [2.24, 2.45) is 5.16 Å². The predicted molar refractivity (Wildman–Crippen MR) is 162 cm³/mol. The van der Waals surface area contributed by atoms with Crippen molar-refractivity contribution < 1.29 is 27.8 Å². The largest absolute Gasteiger partial charge is 0.493 e. The van der Waals surface area contributed by atoms with Gasteiger partial charge >= 0.3 is 0 Å². The number of aromatic amines is 1. The van der Waals surface area contributed by atoms with E-state index in [0.29, 0.717) is 34.9 Å². The summed E-state index contributed by atoms with van der Waals surface area (Å²) >= 11 is 0. The van der Waals surface area contributed by atoms with E-state index in [1.54, 1.807) is 38.5 Å². The molecule has 220 valence electrons. The Bertz CT molecular complexity index is 1750. The number of hydrogen-bond acceptors (Lipinski definition) is 6. The van der Waals surface area contributed by atoms with Crippen molar-refractivity contribution in [1.82, 2.24) is 9.88 Å². The Kier molecular flexibility index (Phi) is 7.73. The quantitative estimate of drug-likeness (QED) is 0.177. The predicted octanol–water partition coefficient (Wildman–Crippen LogP) is 6.94. The normalized spacial score (nSPS) is 13.1. The Hall–Kier alpha value is -4.89. The number of halogens is 2. The van der Waals surface area contributed by atoms with Crippen LogP contribution in [0.25, 0.3) is 22.2 Å². The molecule has 7 nitrogen and oxygen atoms in total. The fraction of sp³-hybridized carbons (Fsp3) is 0.206. The minimum atomic E-state index is -0.725. The molecular weight excluding hydrogens is 552 g/mol. The van der Waals surface area contributed by atoms with E-state index in [1.807, 2.05) is 44.4 Å². The molecule has 0 spiro atoms. The molecule has 0 fully saturated rings. The lowest BCUT2D eigenvalue weighted by Gasteiger charge is -2.17. The summed E-state index contributed by atoms with van der Waals surface area (Å²) in [5, 5.41) is 5.65. The zero-order valence-electron chi connectivity index (χ0n) is 24.3. The Morgan fingerprint density at radius 1 is 0.791 bits per heavy atom. The SMILES string of the molecule is COc1cc2c(cc1OC)-c1[nH]c3ccc(OCCN(C)C)cc3c1C2=NOC(c1ccc(F)cc1)c1ccc(F)cc1. The van der Waals surface area contributed by atoms with E-state index in [-0.39, 0.29) is 11.6 Å². The van der Waals surface area contributed by atoms with E-state index in [2.05, 4.69) is 9.88 Å². The molecule has 0 unspecified atom stereocenters. The number of oxime groups is 1. The van der Waals surface area contributed by atoms with Gasteiger partial charge in [0.05, 0.1) is 19.9 Å². The van der Waals surface area contributed by atoms with Crippen LogP contribution in [0.4, 0.5) is 8.78 Å². The number of fused-ring (bicyclic) bond motifs is 5. The van der Waals surface area contributed by atoms with Crippen LogP contribution in [-0.4, -0.2) is 57.1 Å². The number of rotatable bonds is 10. The molecule has 1 aliphatic carbocycles. The van der Waals surface area contributed by atoms with Crippen molar-refractivity contribution in [3.63, 3.8) is 0 Å². The van der Waals surface area contributed by atoms with Crippen LogP contribution in [0.2, 0.25) is 0 Å². The van der Waals surface area contributed by atoms with Gasteiger partial charge < -0.3 is 28.9 Å². The highest BCUT2D eigenvalue weighted by molar-refractivity contribution is 6.30. The van der Waals surface area contributed by atoms with Crippen molar-refractivity contribution in [3.8, 4) is 28.5 Å². The summed E-state index contributed by atoms with van der Waals surface area (Å²) in [4.78, 5) is 11.9. The molecule has 0 radical (unpaired) electrons. The number of nitrogens with zero attached hydrogens (tertiary/aromatic N) is 2. The van der Waals surface area contributed by atoms with Gasteiger partial charge in [-0.25, -0.2) is 8.78 Å². The van der Waals surface area contributed by atoms with Crippen LogP contribution in [0.15, 0.2) is 84.0 Å². The van der Waals surface area contributed by atoms with Crippen LogP contribution in [0, 0.1) is 11.6 Å². The highest BCUT2D eigenvalue weighted by Gasteiger charge is 2.32. The standard InChI is InChI=1S/C34H31F2N3O4/c1-39(2)15-16-42-24-13-14-28-27(17-24)31-32(37-28)25-18-29(40-3)30(41-4)19-26(25)33(31)38-43-34(20-5-9-22(35)10-6-20)21-7-11-23(36)12-8-21/h5-14,17-19,34,37H,15-16H2,1-4H3. The molecular formula is C34H31F2N3O4. The molecule has 4 aromatic carbocycles. The van der Waals surface area contributed by atoms with Crippen LogP contribution < -0.4 is 14.2 Å². The average molecular weight is 584 g/mol. The monoisotopic (exact) mass is 583 g/mol. The maximum atomic E-state index is 13.8. The third kappa shape index (κ3) is 5.51. The van der Waals surface area contributed by atoms with Crippen LogP contribution in [0.5, 0.6) is 17.2 Å². The first-order valence-corrected chi connectivity index (χ1v) is 13.8. The number of likely N-dealkylation sites (N-methyl/N-ethyl adjacent to an activating group) is 1. The summed E-state index contributed by atoms with van der Waals surface area (Å²) in [6.45, 7) is 1.32. The van der Waals surface area contributed by atoms with Gasteiger partial charge in [-0.1, -0.05) is 29.4 Å². The van der Waals surface area contributed by atoms with Crippen molar-refractivity contribution in [3.05, 3.63) is 113 Å². The summed E-state index contributed by atoms with van der Waals surface area (Å²) in [7, 11) is 7.17. The van der Waals surface area contributed by atoms with Crippen LogP contribution >= 0.6 is 0 Å². The van der Waals surface area contributed by atoms with Crippen LogP contribution in [0.3, 0.4) is 0 Å². The van der Waals surface area contributed by atoms with Gasteiger partial charge in [-0.3, -0.25) is 0 Å².